The van der Waals surface area contributed by atoms with E-state index in [1.54, 1.807) is 23.1 Å². The maximum Gasteiger partial charge on any atom is 0.408 e. The summed E-state index contributed by atoms with van der Waals surface area (Å²) in [6.07, 6.45) is 4.93. The minimum absolute atomic E-state index is 0.275. The molecule has 1 aromatic rings. The van der Waals surface area contributed by atoms with Gasteiger partial charge in [0.25, 0.3) is 0 Å². The molecule has 0 saturated carbocycles. The number of nitrogens with zero attached hydrogens (tertiary/aromatic N) is 3. The van der Waals surface area contributed by atoms with E-state index in [1.165, 1.54) is 11.3 Å². The van der Waals surface area contributed by atoms with E-state index in [-0.39, 0.29) is 6.04 Å². The van der Waals surface area contributed by atoms with Crippen LogP contribution in [0.25, 0.3) is 0 Å². The molecule has 1 unspecified atom stereocenters. The van der Waals surface area contributed by atoms with E-state index in [0.29, 0.717) is 19.0 Å². The largest absolute Gasteiger partial charge is 0.465 e. The minimum atomic E-state index is -1.04. The summed E-state index contributed by atoms with van der Waals surface area (Å²) in [6, 6.07) is 1.47. The summed E-state index contributed by atoms with van der Waals surface area (Å²) in [5.41, 5.74) is -0.631. The van der Waals surface area contributed by atoms with Crippen molar-refractivity contribution in [2.45, 2.75) is 91.1 Å². The number of amides is 1. The highest BCUT2D eigenvalue weighted by molar-refractivity contribution is 5.66. The second kappa shape index (κ2) is 10.7. The molecule has 1 heterocycles. The molecule has 0 fully saturated rings. The average Bonchev–Trinajstić information content (AvgIpc) is 3.03. The third-order valence-electron chi connectivity index (χ3n) is 4.73. The van der Waals surface area contributed by atoms with Crippen LogP contribution in [0.1, 0.15) is 60.8 Å². The van der Waals surface area contributed by atoms with E-state index in [2.05, 4.69) is 31.2 Å². The molecule has 1 aromatic heterocycles. The van der Waals surface area contributed by atoms with Gasteiger partial charge in [-0.05, 0) is 46.1 Å². The number of hydrogen-bond donors (Lipinski definition) is 3. The van der Waals surface area contributed by atoms with Gasteiger partial charge in [-0.25, -0.2) is 4.79 Å². The number of hydrogen-bond acceptors (Lipinski definition) is 4. The van der Waals surface area contributed by atoms with Crippen molar-refractivity contribution >= 4 is 6.09 Å². The number of carbonyl (C=O) groups is 1. The van der Waals surface area contributed by atoms with Crippen molar-refractivity contribution in [2.24, 2.45) is 5.92 Å². The van der Waals surface area contributed by atoms with Crippen LogP contribution in [0.4, 0.5) is 4.79 Å². The molecule has 0 aliphatic carbocycles. The molecule has 0 radical (unpaired) electrons. The lowest BCUT2D eigenvalue weighted by atomic mass is 9.99. The molecule has 7 nitrogen and oxygen atoms in total. The van der Waals surface area contributed by atoms with Gasteiger partial charge in [0.15, 0.2) is 0 Å². The standard InChI is InChI=1S/C20H38N4O3/c1-15(2)9-7-10-16(3)21-13-18(25)17(14-23-12-8-11-22-23)24(19(26)27)20(4,5)6/h8,11-12,15-18,21,25H,7,9-10,13-14H2,1-6H3,(H,26,27)/t16?,17-,18-/m0/s1. The molecular formula is C20H38N4O3. The maximum atomic E-state index is 11.9. The van der Waals surface area contributed by atoms with Gasteiger partial charge in [0, 0.05) is 30.5 Å². The molecule has 156 valence electrons. The van der Waals surface area contributed by atoms with Crippen molar-refractivity contribution in [3.8, 4) is 0 Å². The number of nitrogens with one attached hydrogen (secondary N) is 1. The van der Waals surface area contributed by atoms with Gasteiger partial charge >= 0.3 is 6.09 Å². The zero-order valence-corrected chi connectivity index (χ0v) is 17.7. The summed E-state index contributed by atoms with van der Waals surface area (Å²) in [5, 5.41) is 28.2. The van der Waals surface area contributed by atoms with Crippen molar-refractivity contribution in [3.63, 3.8) is 0 Å². The number of carboxylic acid groups (broad SMARTS) is 1. The molecule has 3 atom stereocenters. The van der Waals surface area contributed by atoms with Gasteiger partial charge in [-0.3, -0.25) is 9.58 Å². The monoisotopic (exact) mass is 382 g/mol. The Morgan fingerprint density at radius 2 is 1.93 bits per heavy atom. The van der Waals surface area contributed by atoms with Crippen LogP contribution in [0.3, 0.4) is 0 Å². The van der Waals surface area contributed by atoms with Crippen LogP contribution >= 0.6 is 0 Å². The Balaban J connectivity index is 2.77. The number of rotatable bonds is 11. The van der Waals surface area contributed by atoms with Crippen LogP contribution < -0.4 is 5.32 Å². The second-order valence-corrected chi connectivity index (χ2v) is 8.82. The summed E-state index contributed by atoms with van der Waals surface area (Å²) < 4.78 is 1.67. The summed E-state index contributed by atoms with van der Waals surface area (Å²) in [5.74, 6) is 0.692. The van der Waals surface area contributed by atoms with Crippen LogP contribution in [-0.4, -0.2) is 61.3 Å². The summed E-state index contributed by atoms with van der Waals surface area (Å²) in [4.78, 5) is 13.3. The zero-order chi connectivity index (χ0) is 20.6. The molecule has 0 aliphatic heterocycles. The normalized spacial score (nSPS) is 15.6. The van der Waals surface area contributed by atoms with Crippen LogP contribution in [-0.2, 0) is 6.54 Å². The van der Waals surface area contributed by atoms with Crippen molar-refractivity contribution < 1.29 is 15.0 Å². The first-order chi connectivity index (χ1) is 12.5. The molecule has 0 aliphatic rings. The lowest BCUT2D eigenvalue weighted by Gasteiger charge is -2.41. The SMILES string of the molecule is CC(C)CCCC(C)NC[C@H](O)[C@H](Cn1cccn1)N(C(=O)O)C(C)(C)C. The quantitative estimate of drug-likeness (QED) is 0.547. The van der Waals surface area contributed by atoms with Crippen LogP contribution in [0.2, 0.25) is 0 Å². The fourth-order valence-electron chi connectivity index (χ4n) is 3.29. The van der Waals surface area contributed by atoms with Gasteiger partial charge < -0.3 is 15.5 Å². The lowest BCUT2D eigenvalue weighted by Crippen LogP contribution is -2.59. The molecule has 0 aromatic carbocycles. The summed E-state index contributed by atoms with van der Waals surface area (Å²) >= 11 is 0. The molecular weight excluding hydrogens is 344 g/mol. The maximum absolute atomic E-state index is 11.9. The van der Waals surface area contributed by atoms with Crippen LogP contribution in [0.5, 0.6) is 0 Å². The second-order valence-electron chi connectivity index (χ2n) is 8.82. The average molecular weight is 383 g/mol. The number of aliphatic hydroxyl groups excluding tert-OH is 1. The van der Waals surface area contributed by atoms with Crippen molar-refractivity contribution in [1.29, 1.82) is 0 Å². The van der Waals surface area contributed by atoms with Crippen LogP contribution in [0, 0.1) is 5.92 Å². The van der Waals surface area contributed by atoms with Gasteiger partial charge in [-0.2, -0.15) is 5.10 Å². The first kappa shape index (κ1) is 23.4. The smallest absolute Gasteiger partial charge is 0.408 e. The third kappa shape index (κ3) is 8.30. The highest BCUT2D eigenvalue weighted by Gasteiger charge is 2.37. The zero-order valence-electron chi connectivity index (χ0n) is 17.7. The molecule has 27 heavy (non-hydrogen) atoms. The molecule has 7 heteroatoms. The lowest BCUT2D eigenvalue weighted by molar-refractivity contribution is -0.00142. The van der Waals surface area contributed by atoms with E-state index >= 15 is 0 Å². The van der Waals surface area contributed by atoms with Gasteiger partial charge in [0.1, 0.15) is 0 Å². The van der Waals surface area contributed by atoms with Gasteiger partial charge in [0.2, 0.25) is 0 Å². The third-order valence-corrected chi connectivity index (χ3v) is 4.73. The van der Waals surface area contributed by atoms with E-state index in [9.17, 15) is 15.0 Å². The highest BCUT2D eigenvalue weighted by Crippen LogP contribution is 2.21. The Kier molecular flexibility index (Phi) is 9.26. The Morgan fingerprint density at radius 3 is 2.41 bits per heavy atom. The summed E-state index contributed by atoms with van der Waals surface area (Å²) in [6.45, 7) is 12.7. The van der Waals surface area contributed by atoms with Crippen LogP contribution in [0.15, 0.2) is 18.5 Å². The fourth-order valence-corrected chi connectivity index (χ4v) is 3.29. The summed E-state index contributed by atoms with van der Waals surface area (Å²) in [7, 11) is 0. The van der Waals surface area contributed by atoms with Gasteiger partial charge in [-0.1, -0.05) is 26.7 Å². The molecule has 3 N–H and O–H groups in total. The predicted octanol–water partition coefficient (Wildman–Crippen LogP) is 3.20. The topological polar surface area (TPSA) is 90.6 Å². The minimum Gasteiger partial charge on any atom is -0.465 e. The van der Waals surface area contributed by atoms with Crippen molar-refractivity contribution in [2.75, 3.05) is 6.54 Å². The van der Waals surface area contributed by atoms with E-state index in [0.717, 1.165) is 12.8 Å². The number of aliphatic hydroxyl groups is 1. The molecule has 0 bridgehead atoms. The van der Waals surface area contributed by atoms with Crippen molar-refractivity contribution in [1.82, 2.24) is 20.0 Å². The molecule has 1 amide bonds. The van der Waals surface area contributed by atoms with E-state index in [4.69, 9.17) is 0 Å². The molecule has 0 spiro atoms. The Labute approximate surface area is 163 Å². The fraction of sp³-hybridized carbons (Fsp3) is 0.800. The highest BCUT2D eigenvalue weighted by atomic mass is 16.4. The first-order valence-corrected chi connectivity index (χ1v) is 9.93. The molecule has 1 rings (SSSR count). The first-order valence-electron chi connectivity index (χ1n) is 9.93. The predicted molar refractivity (Wildman–Crippen MR) is 108 cm³/mol. The van der Waals surface area contributed by atoms with Gasteiger partial charge in [-0.15, -0.1) is 0 Å². The Bertz CT molecular complexity index is 540. The number of aromatic nitrogens is 2. The Hall–Kier alpha value is -1.60. The molecule has 0 saturated heterocycles. The van der Waals surface area contributed by atoms with Gasteiger partial charge in [0.05, 0.1) is 18.7 Å². The Morgan fingerprint density at radius 1 is 1.26 bits per heavy atom. The van der Waals surface area contributed by atoms with E-state index < -0.39 is 23.8 Å². The van der Waals surface area contributed by atoms with E-state index in [1.807, 2.05) is 20.8 Å². The van der Waals surface area contributed by atoms with Crippen molar-refractivity contribution in [3.05, 3.63) is 18.5 Å².